The summed E-state index contributed by atoms with van der Waals surface area (Å²) >= 11 is 0. The Morgan fingerprint density at radius 2 is 1.88 bits per heavy atom. The molecule has 1 aromatic carbocycles. The predicted octanol–water partition coefficient (Wildman–Crippen LogP) is 3.06. The number of fused-ring (bicyclic) bond motifs is 1. The van der Waals surface area contributed by atoms with E-state index in [1.54, 1.807) is 0 Å². The van der Waals surface area contributed by atoms with E-state index in [-0.39, 0.29) is 11.3 Å². The van der Waals surface area contributed by atoms with Crippen LogP contribution in [0.4, 0.5) is 0 Å². The van der Waals surface area contributed by atoms with Crippen molar-refractivity contribution in [2.75, 3.05) is 13.1 Å². The van der Waals surface area contributed by atoms with Gasteiger partial charge in [-0.3, -0.25) is 4.79 Å². The lowest BCUT2D eigenvalue weighted by Gasteiger charge is -2.48. The van der Waals surface area contributed by atoms with Gasteiger partial charge in [-0.15, -0.1) is 5.10 Å². The van der Waals surface area contributed by atoms with Gasteiger partial charge in [-0.25, -0.2) is 0 Å². The number of carbonyl (C=O) groups excluding carboxylic acids is 1. The van der Waals surface area contributed by atoms with Crippen molar-refractivity contribution in [3.8, 4) is 0 Å². The molecule has 1 amide bonds. The van der Waals surface area contributed by atoms with E-state index in [0.29, 0.717) is 5.69 Å². The fraction of sp³-hybridized carbons (Fsp3) is 0.450. The Morgan fingerprint density at radius 3 is 2.67 bits per heavy atom. The molecule has 2 aromatic rings. The van der Waals surface area contributed by atoms with Gasteiger partial charge in [-0.05, 0) is 49.3 Å². The Bertz CT molecular complexity index is 751. The van der Waals surface area contributed by atoms with E-state index in [1.807, 2.05) is 17.0 Å². The summed E-state index contributed by atoms with van der Waals surface area (Å²) in [5.74, 6) is 0.0291. The normalized spacial score (nSPS) is 18.6. The van der Waals surface area contributed by atoms with Gasteiger partial charge in [0.25, 0.3) is 5.91 Å². The molecule has 4 nitrogen and oxygen atoms in total. The fourth-order valence-corrected chi connectivity index (χ4v) is 3.98. The first kappa shape index (κ1) is 15.3. The second kappa shape index (κ2) is 6.00. The average Bonchev–Trinajstić information content (AvgIpc) is 2.59. The molecule has 0 N–H and O–H groups in total. The second-order valence-corrected chi connectivity index (χ2v) is 7.54. The molecule has 24 heavy (non-hydrogen) atoms. The Balaban J connectivity index is 1.42. The van der Waals surface area contributed by atoms with Gasteiger partial charge < -0.3 is 4.90 Å². The minimum Gasteiger partial charge on any atom is -0.336 e. The molecule has 0 radical (unpaired) electrons. The summed E-state index contributed by atoms with van der Waals surface area (Å²) in [6, 6.07) is 12.5. The molecule has 1 aromatic heterocycles. The standard InChI is InChI=1S/C20H23N3O/c1-20(12-15-7-3-2-4-8-15)13-23(14-20)19(24)18-11-16-9-5-6-10-17(16)21-22-18/h2-4,7-8,11H,5-6,9-10,12-14H2,1H3. The number of amides is 1. The number of likely N-dealkylation sites (tertiary alicyclic amines) is 1. The smallest absolute Gasteiger partial charge is 0.274 e. The summed E-state index contributed by atoms with van der Waals surface area (Å²) in [6.45, 7) is 3.83. The van der Waals surface area contributed by atoms with Crippen LogP contribution in [0, 0.1) is 5.41 Å². The Hall–Kier alpha value is -2.23. The predicted molar refractivity (Wildman–Crippen MR) is 92.8 cm³/mol. The lowest BCUT2D eigenvalue weighted by atomic mass is 9.76. The van der Waals surface area contributed by atoms with Gasteiger partial charge in [0.15, 0.2) is 5.69 Å². The van der Waals surface area contributed by atoms with Crippen molar-refractivity contribution in [1.82, 2.24) is 15.1 Å². The number of nitrogens with zero attached hydrogens (tertiary/aromatic N) is 3. The molecule has 1 fully saturated rings. The number of carbonyl (C=O) groups is 1. The topological polar surface area (TPSA) is 46.1 Å². The first-order chi connectivity index (χ1) is 11.6. The van der Waals surface area contributed by atoms with E-state index in [2.05, 4.69) is 41.4 Å². The van der Waals surface area contributed by atoms with E-state index in [9.17, 15) is 4.79 Å². The van der Waals surface area contributed by atoms with E-state index in [4.69, 9.17) is 0 Å². The van der Waals surface area contributed by atoms with Gasteiger partial charge in [0.1, 0.15) is 0 Å². The van der Waals surface area contributed by atoms with Crippen LogP contribution >= 0.6 is 0 Å². The zero-order valence-corrected chi connectivity index (χ0v) is 14.2. The highest BCUT2D eigenvalue weighted by Gasteiger charge is 2.41. The zero-order valence-electron chi connectivity index (χ0n) is 14.2. The Kier molecular flexibility index (Phi) is 3.83. The lowest BCUT2D eigenvalue weighted by Crippen LogP contribution is -2.58. The molecule has 0 atom stereocenters. The summed E-state index contributed by atoms with van der Waals surface area (Å²) in [7, 11) is 0. The van der Waals surface area contributed by atoms with Gasteiger partial charge in [-0.2, -0.15) is 5.10 Å². The molecule has 124 valence electrons. The number of aromatic nitrogens is 2. The highest BCUT2D eigenvalue weighted by Crippen LogP contribution is 2.34. The lowest BCUT2D eigenvalue weighted by molar-refractivity contribution is 0.0147. The van der Waals surface area contributed by atoms with Gasteiger partial charge >= 0.3 is 0 Å². The molecule has 0 bridgehead atoms. The number of rotatable bonds is 3. The summed E-state index contributed by atoms with van der Waals surface area (Å²) in [4.78, 5) is 14.6. The minimum atomic E-state index is 0.0291. The summed E-state index contributed by atoms with van der Waals surface area (Å²) in [5.41, 5.74) is 4.30. The highest BCUT2D eigenvalue weighted by molar-refractivity contribution is 5.93. The van der Waals surface area contributed by atoms with Crippen molar-refractivity contribution in [3.05, 3.63) is 58.9 Å². The van der Waals surface area contributed by atoms with Crippen LogP contribution in [0.25, 0.3) is 0 Å². The zero-order chi connectivity index (χ0) is 16.6. The molecule has 2 aliphatic rings. The van der Waals surface area contributed by atoms with Crippen molar-refractivity contribution in [2.45, 2.75) is 39.0 Å². The molecule has 1 aliphatic heterocycles. The maximum absolute atomic E-state index is 12.7. The second-order valence-electron chi connectivity index (χ2n) is 7.54. The van der Waals surface area contributed by atoms with Crippen molar-refractivity contribution in [3.63, 3.8) is 0 Å². The Labute approximate surface area is 142 Å². The molecule has 2 heterocycles. The van der Waals surface area contributed by atoms with E-state index in [1.165, 1.54) is 24.0 Å². The summed E-state index contributed by atoms with van der Waals surface area (Å²) in [6.07, 6.45) is 5.39. The van der Waals surface area contributed by atoms with Gasteiger partial charge in [0, 0.05) is 18.5 Å². The SMILES string of the molecule is CC1(Cc2ccccc2)CN(C(=O)c2cc3c(nn2)CCCC3)C1. The van der Waals surface area contributed by atoms with Crippen molar-refractivity contribution >= 4 is 5.91 Å². The van der Waals surface area contributed by atoms with E-state index >= 15 is 0 Å². The van der Waals surface area contributed by atoms with Crippen molar-refractivity contribution in [1.29, 1.82) is 0 Å². The first-order valence-corrected chi connectivity index (χ1v) is 8.82. The third kappa shape index (κ3) is 2.93. The van der Waals surface area contributed by atoms with Gasteiger partial charge in [0.05, 0.1) is 5.69 Å². The minimum absolute atomic E-state index is 0.0291. The monoisotopic (exact) mass is 321 g/mol. The molecule has 0 saturated carbocycles. The maximum atomic E-state index is 12.7. The summed E-state index contributed by atoms with van der Waals surface area (Å²) < 4.78 is 0. The number of aryl methyl sites for hydroxylation is 2. The number of hydrogen-bond acceptors (Lipinski definition) is 3. The van der Waals surface area contributed by atoms with Crippen LogP contribution in [0.2, 0.25) is 0 Å². The first-order valence-electron chi connectivity index (χ1n) is 8.82. The van der Waals surface area contributed by atoms with Crippen LogP contribution in [-0.2, 0) is 19.3 Å². The van der Waals surface area contributed by atoms with Crippen molar-refractivity contribution < 1.29 is 4.79 Å². The van der Waals surface area contributed by atoms with E-state index < -0.39 is 0 Å². The van der Waals surface area contributed by atoms with Crippen molar-refractivity contribution in [2.24, 2.45) is 5.41 Å². The molecule has 4 rings (SSSR count). The molecule has 4 heteroatoms. The van der Waals surface area contributed by atoms with Crippen LogP contribution < -0.4 is 0 Å². The van der Waals surface area contributed by atoms with Gasteiger partial charge in [0.2, 0.25) is 0 Å². The third-order valence-electron chi connectivity index (χ3n) is 5.19. The molecule has 0 spiro atoms. The molecule has 0 unspecified atom stereocenters. The van der Waals surface area contributed by atoms with Crippen LogP contribution in [0.1, 0.15) is 47.1 Å². The largest absolute Gasteiger partial charge is 0.336 e. The number of hydrogen-bond donors (Lipinski definition) is 0. The molecular formula is C20H23N3O. The maximum Gasteiger partial charge on any atom is 0.274 e. The molecule has 1 aliphatic carbocycles. The quantitative estimate of drug-likeness (QED) is 0.873. The third-order valence-corrected chi connectivity index (χ3v) is 5.19. The van der Waals surface area contributed by atoms with E-state index in [0.717, 1.165) is 38.0 Å². The number of benzene rings is 1. The average molecular weight is 321 g/mol. The van der Waals surface area contributed by atoms with Gasteiger partial charge in [-0.1, -0.05) is 37.3 Å². The highest BCUT2D eigenvalue weighted by atomic mass is 16.2. The fourth-order valence-electron chi connectivity index (χ4n) is 3.98. The molecule has 1 saturated heterocycles. The van der Waals surface area contributed by atoms with Crippen LogP contribution in [0.3, 0.4) is 0 Å². The van der Waals surface area contributed by atoms with Crippen LogP contribution in [0.15, 0.2) is 36.4 Å². The molecular weight excluding hydrogens is 298 g/mol. The van der Waals surface area contributed by atoms with Crippen LogP contribution in [0.5, 0.6) is 0 Å². The summed E-state index contributed by atoms with van der Waals surface area (Å²) in [5, 5.41) is 8.47. The van der Waals surface area contributed by atoms with Crippen LogP contribution in [-0.4, -0.2) is 34.1 Å². The Morgan fingerprint density at radius 1 is 1.12 bits per heavy atom.